The Morgan fingerprint density at radius 3 is 2.27 bits per heavy atom. The fourth-order valence-corrected chi connectivity index (χ4v) is 3.96. The zero-order chi connectivity index (χ0) is 21.0. The van der Waals surface area contributed by atoms with Gasteiger partial charge in [0.05, 0.1) is 28.2 Å². The molecule has 8 heteroatoms. The summed E-state index contributed by atoms with van der Waals surface area (Å²) in [6, 6.07) is 19.2. The van der Waals surface area contributed by atoms with E-state index in [2.05, 4.69) is 19.7 Å². The Kier molecular flexibility index (Phi) is 5.40. The molecule has 0 bridgehead atoms. The van der Waals surface area contributed by atoms with Crippen LogP contribution in [-0.2, 0) is 10.0 Å². The largest absolute Gasteiger partial charge is 0.280 e. The number of hydrogen-bond donors (Lipinski definition) is 1. The molecule has 7 nitrogen and oxygen atoms in total. The third kappa shape index (κ3) is 4.28. The summed E-state index contributed by atoms with van der Waals surface area (Å²) >= 11 is 0. The number of anilines is 4. The van der Waals surface area contributed by atoms with Crippen LogP contribution in [0.4, 0.5) is 23.0 Å². The highest BCUT2D eigenvalue weighted by atomic mass is 32.2. The van der Waals surface area contributed by atoms with Crippen LogP contribution < -0.4 is 9.62 Å². The second kappa shape index (κ2) is 8.30. The van der Waals surface area contributed by atoms with Gasteiger partial charge in [-0.2, -0.15) is 0 Å². The average Bonchev–Trinajstić information content (AvgIpc) is 2.76. The van der Waals surface area contributed by atoms with E-state index in [1.165, 1.54) is 0 Å². The topological polar surface area (TPSA) is 88.1 Å². The Bertz CT molecular complexity index is 1190. The van der Waals surface area contributed by atoms with E-state index in [1.54, 1.807) is 78.2 Å². The summed E-state index contributed by atoms with van der Waals surface area (Å²) in [5.41, 5.74) is 2.87. The summed E-state index contributed by atoms with van der Waals surface area (Å²) in [7, 11) is -3.71. The van der Waals surface area contributed by atoms with E-state index in [1.807, 2.05) is 25.1 Å². The van der Waals surface area contributed by atoms with Crippen LogP contribution in [-0.4, -0.2) is 23.4 Å². The lowest BCUT2D eigenvalue weighted by Gasteiger charge is -2.23. The molecule has 2 aromatic heterocycles. The maximum Gasteiger partial charge on any atom is 0.261 e. The average molecular weight is 417 g/mol. The van der Waals surface area contributed by atoms with Crippen molar-refractivity contribution in [1.82, 2.24) is 15.0 Å². The number of pyridine rings is 1. The summed E-state index contributed by atoms with van der Waals surface area (Å²) in [5, 5.41) is 0. The molecule has 2 aromatic carbocycles. The molecule has 4 rings (SSSR count). The highest BCUT2D eigenvalue weighted by Crippen LogP contribution is 2.33. The fourth-order valence-electron chi connectivity index (χ4n) is 2.91. The maximum absolute atomic E-state index is 12.8. The van der Waals surface area contributed by atoms with Gasteiger partial charge in [0, 0.05) is 18.6 Å². The number of nitrogens with zero attached hydrogens (tertiary/aromatic N) is 4. The molecule has 0 saturated heterocycles. The summed E-state index contributed by atoms with van der Waals surface area (Å²) < 4.78 is 28.2. The quantitative estimate of drug-likeness (QED) is 0.499. The number of aryl methyl sites for hydroxylation is 1. The Balaban J connectivity index is 1.71. The Labute approximate surface area is 175 Å². The van der Waals surface area contributed by atoms with Gasteiger partial charge in [-0.1, -0.05) is 23.8 Å². The van der Waals surface area contributed by atoms with Gasteiger partial charge < -0.3 is 0 Å². The molecule has 0 saturated carbocycles. The zero-order valence-corrected chi connectivity index (χ0v) is 17.0. The molecule has 0 aliphatic carbocycles. The van der Waals surface area contributed by atoms with Crippen LogP contribution in [0, 0.1) is 6.92 Å². The van der Waals surface area contributed by atoms with Crippen molar-refractivity contribution in [1.29, 1.82) is 0 Å². The van der Waals surface area contributed by atoms with Crippen molar-refractivity contribution in [2.45, 2.75) is 11.8 Å². The lowest BCUT2D eigenvalue weighted by molar-refractivity contribution is 0.601. The first-order valence-electron chi connectivity index (χ1n) is 9.20. The standard InChI is InChI=1S/C22H19N5O2S/c1-17-8-10-21(11-9-17)30(28,29)26-18-5-2-6-19(15-18)27(20-7-3-12-23-16-20)22-24-13-4-14-25-22/h2-16,26H,1H3. The van der Waals surface area contributed by atoms with E-state index < -0.39 is 10.0 Å². The minimum Gasteiger partial charge on any atom is -0.280 e. The van der Waals surface area contributed by atoms with E-state index in [0.29, 0.717) is 17.3 Å². The molecule has 0 fully saturated rings. The fraction of sp³-hybridized carbons (Fsp3) is 0.0455. The third-order valence-corrected chi connectivity index (χ3v) is 5.74. The smallest absolute Gasteiger partial charge is 0.261 e. The molecular formula is C22H19N5O2S. The van der Waals surface area contributed by atoms with Gasteiger partial charge in [-0.25, -0.2) is 18.4 Å². The first-order chi connectivity index (χ1) is 14.5. The number of aromatic nitrogens is 3. The van der Waals surface area contributed by atoms with Crippen LogP contribution >= 0.6 is 0 Å². The SMILES string of the molecule is Cc1ccc(S(=O)(=O)Nc2cccc(N(c3cccnc3)c3ncccn3)c2)cc1. The first kappa shape index (κ1) is 19.5. The molecule has 0 aliphatic rings. The zero-order valence-electron chi connectivity index (χ0n) is 16.2. The molecule has 30 heavy (non-hydrogen) atoms. The number of nitrogens with one attached hydrogen (secondary N) is 1. The first-order valence-corrected chi connectivity index (χ1v) is 10.7. The molecule has 2 heterocycles. The summed E-state index contributed by atoms with van der Waals surface area (Å²) in [6.07, 6.45) is 6.67. The lowest BCUT2D eigenvalue weighted by atomic mass is 10.2. The van der Waals surface area contributed by atoms with Crippen molar-refractivity contribution in [3.63, 3.8) is 0 Å². The van der Waals surface area contributed by atoms with E-state index in [-0.39, 0.29) is 4.90 Å². The van der Waals surface area contributed by atoms with Gasteiger partial charge in [-0.05, 0) is 55.5 Å². The summed E-state index contributed by atoms with van der Waals surface area (Å²) in [6.45, 7) is 1.91. The van der Waals surface area contributed by atoms with Gasteiger partial charge in [0.2, 0.25) is 5.95 Å². The maximum atomic E-state index is 12.8. The van der Waals surface area contributed by atoms with Crippen molar-refractivity contribution in [3.8, 4) is 0 Å². The van der Waals surface area contributed by atoms with Crippen LogP contribution in [0.15, 0.2) is 96.4 Å². The highest BCUT2D eigenvalue weighted by Gasteiger charge is 2.18. The summed E-state index contributed by atoms with van der Waals surface area (Å²) in [4.78, 5) is 14.9. The van der Waals surface area contributed by atoms with Gasteiger partial charge in [-0.3, -0.25) is 14.6 Å². The molecule has 0 aliphatic heterocycles. The van der Waals surface area contributed by atoms with Crippen molar-refractivity contribution < 1.29 is 8.42 Å². The molecule has 4 aromatic rings. The minimum absolute atomic E-state index is 0.203. The summed E-state index contributed by atoms with van der Waals surface area (Å²) in [5.74, 6) is 0.448. The monoisotopic (exact) mass is 417 g/mol. The molecule has 0 amide bonds. The molecular weight excluding hydrogens is 398 g/mol. The van der Waals surface area contributed by atoms with E-state index >= 15 is 0 Å². The predicted molar refractivity (Wildman–Crippen MR) is 116 cm³/mol. The molecule has 0 spiro atoms. The normalized spacial score (nSPS) is 11.1. The van der Waals surface area contributed by atoms with Crippen molar-refractivity contribution >= 4 is 33.0 Å². The third-order valence-electron chi connectivity index (χ3n) is 4.34. The van der Waals surface area contributed by atoms with Crippen molar-refractivity contribution in [2.24, 2.45) is 0 Å². The van der Waals surface area contributed by atoms with E-state index in [4.69, 9.17) is 0 Å². The number of sulfonamides is 1. The van der Waals surface area contributed by atoms with Crippen LogP contribution in [0.3, 0.4) is 0 Å². The van der Waals surface area contributed by atoms with Gasteiger partial charge in [0.25, 0.3) is 10.0 Å². The van der Waals surface area contributed by atoms with Crippen LogP contribution in [0.2, 0.25) is 0 Å². The van der Waals surface area contributed by atoms with Gasteiger partial charge in [-0.15, -0.1) is 0 Å². The molecule has 150 valence electrons. The Hall–Kier alpha value is -3.78. The number of rotatable bonds is 6. The van der Waals surface area contributed by atoms with Gasteiger partial charge >= 0.3 is 0 Å². The lowest BCUT2D eigenvalue weighted by Crippen LogP contribution is -2.15. The van der Waals surface area contributed by atoms with E-state index in [0.717, 1.165) is 11.3 Å². The van der Waals surface area contributed by atoms with E-state index in [9.17, 15) is 8.42 Å². The number of benzene rings is 2. The minimum atomic E-state index is -3.71. The number of hydrogen-bond acceptors (Lipinski definition) is 6. The molecule has 0 unspecified atom stereocenters. The predicted octanol–water partition coefficient (Wildman–Crippen LogP) is 4.45. The Morgan fingerprint density at radius 1 is 0.833 bits per heavy atom. The van der Waals surface area contributed by atoms with Crippen molar-refractivity contribution in [3.05, 3.63) is 97.1 Å². The van der Waals surface area contributed by atoms with Crippen LogP contribution in [0.1, 0.15) is 5.56 Å². The van der Waals surface area contributed by atoms with Crippen LogP contribution in [0.25, 0.3) is 0 Å². The van der Waals surface area contributed by atoms with Crippen LogP contribution in [0.5, 0.6) is 0 Å². The van der Waals surface area contributed by atoms with Crippen molar-refractivity contribution in [2.75, 3.05) is 9.62 Å². The second-order valence-electron chi connectivity index (χ2n) is 6.56. The molecule has 1 N–H and O–H groups in total. The second-order valence-corrected chi connectivity index (χ2v) is 8.25. The van der Waals surface area contributed by atoms with Gasteiger partial charge in [0.15, 0.2) is 0 Å². The Morgan fingerprint density at radius 2 is 1.57 bits per heavy atom. The highest BCUT2D eigenvalue weighted by molar-refractivity contribution is 7.92. The molecule has 0 radical (unpaired) electrons. The molecule has 0 atom stereocenters. The van der Waals surface area contributed by atoms with Gasteiger partial charge in [0.1, 0.15) is 0 Å².